The van der Waals surface area contributed by atoms with Gasteiger partial charge in [-0.05, 0) is 51.9 Å². The first-order chi connectivity index (χ1) is 13.5. The lowest BCUT2D eigenvalue weighted by Gasteiger charge is -2.38. The normalized spacial score (nSPS) is 29.1. The first kappa shape index (κ1) is 19.6. The van der Waals surface area contributed by atoms with Crippen LogP contribution >= 0.6 is 0 Å². The van der Waals surface area contributed by atoms with Crippen molar-refractivity contribution < 1.29 is 9.90 Å². The van der Waals surface area contributed by atoms with E-state index in [2.05, 4.69) is 15.1 Å². The summed E-state index contributed by atoms with van der Waals surface area (Å²) in [7, 11) is 4.04. The first-order valence-electron chi connectivity index (χ1n) is 10.5. The topological polar surface area (TPSA) is 77.8 Å². The number of pyridine rings is 1. The number of nitrogens with zero attached hydrogens (tertiary/aromatic N) is 3. The van der Waals surface area contributed by atoms with Crippen LogP contribution in [0.5, 0.6) is 0 Å². The number of hydrogen-bond acceptors (Lipinski definition) is 5. The van der Waals surface area contributed by atoms with Gasteiger partial charge in [-0.15, -0.1) is 0 Å². The van der Waals surface area contributed by atoms with Gasteiger partial charge in [0.2, 0.25) is 5.91 Å². The van der Waals surface area contributed by atoms with Crippen molar-refractivity contribution in [2.24, 2.45) is 17.8 Å². The van der Waals surface area contributed by atoms with E-state index in [1.165, 1.54) is 12.8 Å². The third-order valence-electron chi connectivity index (χ3n) is 6.60. The SMILES string of the molecule is CN(C)CCCNC(=O)[C@H]1[C@H](CO)[C@H]2Cn3c(cccc3=O)[C@@H]1N2CC1CC1. The molecule has 7 nitrogen and oxygen atoms in total. The quantitative estimate of drug-likeness (QED) is 0.626. The van der Waals surface area contributed by atoms with Crippen molar-refractivity contribution in [3.8, 4) is 0 Å². The highest BCUT2D eigenvalue weighted by molar-refractivity contribution is 5.80. The van der Waals surface area contributed by atoms with Crippen LogP contribution in [-0.4, -0.2) is 71.8 Å². The average molecular weight is 389 g/mol. The fourth-order valence-corrected chi connectivity index (χ4v) is 5.05. The van der Waals surface area contributed by atoms with Gasteiger partial charge in [-0.2, -0.15) is 0 Å². The van der Waals surface area contributed by atoms with Gasteiger partial charge in [0.15, 0.2) is 0 Å². The van der Waals surface area contributed by atoms with E-state index in [4.69, 9.17) is 0 Å². The fourth-order valence-electron chi connectivity index (χ4n) is 5.05. The summed E-state index contributed by atoms with van der Waals surface area (Å²) < 4.78 is 1.82. The molecule has 3 heterocycles. The molecule has 2 fully saturated rings. The molecule has 1 saturated heterocycles. The number of aromatic nitrogens is 1. The zero-order chi connectivity index (χ0) is 19.8. The molecule has 4 atom stereocenters. The van der Waals surface area contributed by atoms with E-state index in [1.807, 2.05) is 24.7 Å². The van der Waals surface area contributed by atoms with Gasteiger partial charge in [-0.3, -0.25) is 14.5 Å². The predicted octanol–water partition coefficient (Wildman–Crippen LogP) is 0.290. The van der Waals surface area contributed by atoms with E-state index in [0.717, 1.165) is 25.2 Å². The van der Waals surface area contributed by atoms with Crippen molar-refractivity contribution in [2.75, 3.05) is 40.3 Å². The molecular formula is C21H32N4O3. The third-order valence-corrected chi connectivity index (χ3v) is 6.60. The molecule has 4 rings (SSSR count). The molecule has 1 aromatic heterocycles. The average Bonchev–Trinajstić information content (AvgIpc) is 3.44. The highest BCUT2D eigenvalue weighted by atomic mass is 16.3. The maximum absolute atomic E-state index is 13.2. The molecular weight excluding hydrogens is 356 g/mol. The van der Waals surface area contributed by atoms with Gasteiger partial charge in [-0.1, -0.05) is 6.07 Å². The van der Waals surface area contributed by atoms with Crippen molar-refractivity contribution in [1.82, 2.24) is 19.7 Å². The van der Waals surface area contributed by atoms with E-state index < -0.39 is 0 Å². The van der Waals surface area contributed by atoms with Crippen LogP contribution in [0.2, 0.25) is 0 Å². The molecule has 28 heavy (non-hydrogen) atoms. The second kappa shape index (κ2) is 7.97. The molecule has 2 bridgehead atoms. The summed E-state index contributed by atoms with van der Waals surface area (Å²) in [6, 6.07) is 5.28. The number of rotatable bonds is 8. The van der Waals surface area contributed by atoms with Crippen LogP contribution in [0.3, 0.4) is 0 Å². The Hall–Kier alpha value is -1.70. The van der Waals surface area contributed by atoms with Crippen LogP contribution in [-0.2, 0) is 11.3 Å². The van der Waals surface area contributed by atoms with E-state index in [1.54, 1.807) is 12.1 Å². The maximum Gasteiger partial charge on any atom is 0.250 e. The summed E-state index contributed by atoms with van der Waals surface area (Å²) in [6.45, 7) is 3.05. The summed E-state index contributed by atoms with van der Waals surface area (Å²) in [5.74, 6) is 0.240. The monoisotopic (exact) mass is 388 g/mol. The van der Waals surface area contributed by atoms with Crippen molar-refractivity contribution in [1.29, 1.82) is 0 Å². The van der Waals surface area contributed by atoms with E-state index >= 15 is 0 Å². The minimum Gasteiger partial charge on any atom is -0.396 e. The molecule has 0 aromatic carbocycles. The smallest absolute Gasteiger partial charge is 0.250 e. The summed E-state index contributed by atoms with van der Waals surface area (Å²) in [5, 5.41) is 13.3. The summed E-state index contributed by atoms with van der Waals surface area (Å²) in [6.07, 6.45) is 3.37. The highest BCUT2D eigenvalue weighted by Gasteiger charge is 2.56. The van der Waals surface area contributed by atoms with Crippen molar-refractivity contribution in [3.63, 3.8) is 0 Å². The van der Waals surface area contributed by atoms with Crippen LogP contribution in [0.15, 0.2) is 23.0 Å². The summed E-state index contributed by atoms with van der Waals surface area (Å²) in [4.78, 5) is 30.2. The van der Waals surface area contributed by atoms with Crippen LogP contribution in [0.25, 0.3) is 0 Å². The lowest BCUT2D eigenvalue weighted by Crippen LogP contribution is -2.47. The number of aliphatic hydroxyl groups is 1. The Balaban J connectivity index is 1.61. The molecule has 0 radical (unpaired) electrons. The van der Waals surface area contributed by atoms with Crippen LogP contribution < -0.4 is 10.9 Å². The van der Waals surface area contributed by atoms with Gasteiger partial charge < -0.3 is 19.9 Å². The third kappa shape index (κ3) is 3.63. The van der Waals surface area contributed by atoms with Crippen molar-refractivity contribution in [2.45, 2.75) is 37.9 Å². The number of nitrogens with one attached hydrogen (secondary N) is 1. The summed E-state index contributed by atoms with van der Waals surface area (Å²) in [5.41, 5.74) is 0.913. The van der Waals surface area contributed by atoms with Crippen LogP contribution in [0.1, 0.15) is 31.0 Å². The zero-order valence-corrected chi connectivity index (χ0v) is 16.9. The number of carbonyl (C=O) groups is 1. The second-order valence-corrected chi connectivity index (χ2v) is 8.87. The van der Waals surface area contributed by atoms with E-state index in [-0.39, 0.29) is 42.0 Å². The van der Waals surface area contributed by atoms with Crippen molar-refractivity contribution in [3.05, 3.63) is 34.2 Å². The minimum atomic E-state index is -0.316. The molecule has 7 heteroatoms. The molecule has 2 aliphatic heterocycles. The Kier molecular flexibility index (Phi) is 5.58. The van der Waals surface area contributed by atoms with Crippen LogP contribution in [0.4, 0.5) is 0 Å². The summed E-state index contributed by atoms with van der Waals surface area (Å²) >= 11 is 0. The minimum absolute atomic E-state index is 0.0101. The number of aliphatic hydroxyl groups excluding tert-OH is 1. The van der Waals surface area contributed by atoms with Gasteiger partial charge in [0.25, 0.3) is 5.56 Å². The van der Waals surface area contributed by atoms with Gasteiger partial charge in [-0.25, -0.2) is 0 Å². The number of hydrogen-bond donors (Lipinski definition) is 2. The number of amides is 1. The Morgan fingerprint density at radius 1 is 1.32 bits per heavy atom. The van der Waals surface area contributed by atoms with E-state index in [9.17, 15) is 14.7 Å². The fraction of sp³-hybridized carbons (Fsp3) is 0.714. The van der Waals surface area contributed by atoms with Gasteiger partial charge in [0.1, 0.15) is 0 Å². The Labute approximate surface area is 166 Å². The Morgan fingerprint density at radius 3 is 2.79 bits per heavy atom. The maximum atomic E-state index is 13.2. The molecule has 154 valence electrons. The Morgan fingerprint density at radius 2 is 2.11 bits per heavy atom. The molecule has 0 unspecified atom stereocenters. The lowest BCUT2D eigenvalue weighted by atomic mass is 9.86. The number of carbonyl (C=O) groups excluding carboxylic acids is 1. The van der Waals surface area contributed by atoms with Gasteiger partial charge in [0.05, 0.1) is 12.0 Å². The van der Waals surface area contributed by atoms with Crippen molar-refractivity contribution >= 4 is 5.91 Å². The molecule has 1 aliphatic carbocycles. The lowest BCUT2D eigenvalue weighted by molar-refractivity contribution is -0.127. The number of fused-ring (bicyclic) bond motifs is 4. The second-order valence-electron chi connectivity index (χ2n) is 8.87. The Bertz CT molecular complexity index is 773. The first-order valence-corrected chi connectivity index (χ1v) is 10.5. The van der Waals surface area contributed by atoms with Gasteiger partial charge in [0, 0.05) is 50.0 Å². The van der Waals surface area contributed by atoms with Gasteiger partial charge >= 0.3 is 0 Å². The molecule has 1 amide bonds. The molecule has 3 aliphatic rings. The molecule has 1 aromatic rings. The highest BCUT2D eigenvalue weighted by Crippen LogP contribution is 2.49. The van der Waals surface area contributed by atoms with E-state index in [0.29, 0.717) is 19.0 Å². The largest absolute Gasteiger partial charge is 0.396 e. The molecule has 1 saturated carbocycles. The predicted molar refractivity (Wildman–Crippen MR) is 107 cm³/mol. The standard InChI is InChI=1S/C21H32N4O3/c1-23(2)10-4-9-22-21(28)19-15(13-26)17-12-24-16(5-3-6-18(24)27)20(19)25(17)11-14-7-8-14/h3,5-6,14-15,17,19-20,26H,4,7-13H2,1-2H3,(H,22,28)/t15-,17-,19+,20+/m1/s1. The molecule has 2 N–H and O–H groups in total. The molecule has 0 spiro atoms. The zero-order valence-electron chi connectivity index (χ0n) is 16.9. The van der Waals surface area contributed by atoms with Crippen LogP contribution in [0, 0.1) is 17.8 Å².